The lowest BCUT2D eigenvalue weighted by atomic mass is 9.38. The fourth-order valence-electron chi connectivity index (χ4n) is 26.5. The molecule has 4 aromatic rings. The number of rotatable bonds is 23. The first-order chi connectivity index (χ1) is 62.4. The zero-order valence-corrected chi connectivity index (χ0v) is 86.1. The number of Topliss-reactive ketones (excluding diaryl/α,β-unsaturated/α-hetero) is 4. The van der Waals surface area contributed by atoms with Crippen LogP contribution in [0.5, 0.6) is 0 Å². The lowest BCUT2D eigenvalue weighted by Crippen LogP contribution is -2.77. The second-order valence-corrected chi connectivity index (χ2v) is 47.9. The molecule has 21 rings (SSSR count). The Morgan fingerprint density at radius 1 is 0.418 bits per heavy atom. The number of methoxy groups -OCH3 is 6. The molecule has 5 fully saturated rings. The molecular formula is C101H124O27S6. The van der Waals surface area contributed by atoms with Crippen molar-refractivity contribution < 1.29 is 123 Å². The van der Waals surface area contributed by atoms with Gasteiger partial charge in [-0.3, -0.25) is 28.8 Å². The number of carbonyl (C=O) groups excluding carboxylic acids is 6. The Hall–Kier alpha value is -7.84. The largest absolute Gasteiger partial charge is 0.395 e. The Morgan fingerprint density at radius 3 is 1.11 bits per heavy atom. The molecule has 1 heterocycles. The number of aryl methyl sites for hydroxylation is 4. The number of ether oxygens (including phenoxy) is 7. The Bertz CT molecular complexity index is 6430. The number of hydrogen-bond acceptors (Lipinski definition) is 29. The highest BCUT2D eigenvalue weighted by atomic mass is 32.2. The summed E-state index contributed by atoms with van der Waals surface area (Å²) >= 11 is 2.25. The molecule has 2 N–H and O–H groups in total. The van der Waals surface area contributed by atoms with Crippen molar-refractivity contribution in [1.82, 2.24) is 0 Å². The van der Waals surface area contributed by atoms with Gasteiger partial charge in [-0.2, -0.15) is 33.7 Å². The molecule has 33 heteroatoms. The van der Waals surface area contributed by atoms with Crippen molar-refractivity contribution in [2.45, 2.75) is 220 Å². The SMILES string of the molecule is CC1=C(OS(=O)(=O)c2ccc(C)cc2)C2(C)C3(C)COC2(O)C(=O)C12C3=CC[C@@H]2C.CCSC(=O)C1(C)C2=CC[C@H](C)C23C(=O)C(OC)(OC)C1(C)C(OS(=O)(=O)c1ccc(C)cc1)=C3C.CCSC(=O)C1=C2CC[C@H](C)C23C(=O)C(OC)(OC)C1(C)C(OS(=O)(=O)c1ccc(C)cc1)=C3C.COC1(OC)C(=O)C23C(=CC[C@@H]2C)C(C)(CO)C1(C)C(OS(=O)(=O)c1ccc(C)cc1)=C3C. The van der Waals surface area contributed by atoms with E-state index in [1.54, 1.807) is 111 Å². The molecule has 16 aliphatic carbocycles. The van der Waals surface area contributed by atoms with Crippen molar-refractivity contribution in [2.75, 3.05) is 67.4 Å². The maximum atomic E-state index is 14.4. The molecule has 134 heavy (non-hydrogen) atoms. The first-order valence-corrected chi connectivity index (χ1v) is 52.6. The summed E-state index contributed by atoms with van der Waals surface area (Å²) in [7, 11) is -8.87. The van der Waals surface area contributed by atoms with E-state index in [4.69, 9.17) is 49.9 Å². The zero-order valence-electron chi connectivity index (χ0n) is 81.2. The van der Waals surface area contributed by atoms with Crippen molar-refractivity contribution in [3.63, 3.8) is 0 Å². The second kappa shape index (κ2) is 33.5. The van der Waals surface area contributed by atoms with Crippen LogP contribution in [-0.2, 0) is 119 Å². The summed E-state index contributed by atoms with van der Waals surface area (Å²) in [6, 6.07) is 25.4. The van der Waals surface area contributed by atoms with Crippen molar-refractivity contribution in [3.8, 4) is 0 Å². The fraction of sp³-hybridized carbons (Fsp3) is 0.545. The van der Waals surface area contributed by atoms with Gasteiger partial charge in [0.25, 0.3) is 0 Å². The molecule has 10 bridgehead atoms. The average molecular weight is 1960 g/mol. The molecule has 0 radical (unpaired) electrons. The van der Waals surface area contributed by atoms with Crippen LogP contribution in [0.3, 0.4) is 0 Å². The van der Waals surface area contributed by atoms with Gasteiger partial charge in [-0.05, 0) is 250 Å². The van der Waals surface area contributed by atoms with Gasteiger partial charge < -0.3 is 60.1 Å². The second-order valence-electron chi connectivity index (χ2n) is 39.2. The molecule has 17 aliphatic rings. The van der Waals surface area contributed by atoms with E-state index in [1.807, 2.05) is 95.2 Å². The van der Waals surface area contributed by atoms with Gasteiger partial charge in [0.15, 0.2) is 5.12 Å². The molecule has 0 aromatic heterocycles. The zero-order chi connectivity index (χ0) is 99.4. The van der Waals surface area contributed by atoms with Gasteiger partial charge in [0.2, 0.25) is 51.4 Å². The van der Waals surface area contributed by atoms with Gasteiger partial charge in [0.05, 0.1) is 51.1 Å². The van der Waals surface area contributed by atoms with Gasteiger partial charge in [-0.25, -0.2) is 0 Å². The third-order valence-electron chi connectivity index (χ3n) is 33.9. The van der Waals surface area contributed by atoms with Crippen LogP contribution in [0.2, 0.25) is 0 Å². The summed E-state index contributed by atoms with van der Waals surface area (Å²) in [5, 5.41) is 21.9. The number of benzene rings is 4. The fourth-order valence-corrected chi connectivity index (χ4v) is 32.4. The van der Waals surface area contributed by atoms with Crippen LogP contribution < -0.4 is 0 Å². The van der Waals surface area contributed by atoms with E-state index < -0.39 is 129 Å². The first kappa shape index (κ1) is 102. The van der Waals surface area contributed by atoms with Crippen LogP contribution >= 0.6 is 23.5 Å². The minimum absolute atomic E-state index is 0.00337. The topological polar surface area (TPSA) is 381 Å². The van der Waals surface area contributed by atoms with Crippen LogP contribution in [0.1, 0.15) is 172 Å². The Kier molecular flexibility index (Phi) is 25.5. The average Bonchev–Trinajstić information content (AvgIpc) is 1.49. The van der Waals surface area contributed by atoms with E-state index in [2.05, 4.69) is 6.08 Å². The maximum Gasteiger partial charge on any atom is 0.338 e. The molecule has 0 amide bonds. The van der Waals surface area contributed by atoms with E-state index in [0.717, 1.165) is 62.5 Å². The number of allylic oxidation sites excluding steroid dienone is 9. The van der Waals surface area contributed by atoms with Crippen molar-refractivity contribution >= 4 is 97.4 Å². The normalized spacial score (nSPS) is 34.6. The van der Waals surface area contributed by atoms with E-state index in [-0.39, 0.29) is 107 Å². The van der Waals surface area contributed by atoms with E-state index in [9.17, 15) is 72.7 Å². The number of aliphatic hydroxyl groups is 2. The van der Waals surface area contributed by atoms with E-state index in [1.165, 1.54) is 91.2 Å². The first-order valence-electron chi connectivity index (χ1n) is 45.0. The third-order valence-corrected chi connectivity index (χ3v) is 40.6. The van der Waals surface area contributed by atoms with E-state index in [0.29, 0.717) is 77.0 Å². The standard InChI is InChI=1S/C27H34O7S2.C26H32O7S2.C25H32O7S.C23H26O6S/c1-9-35-23(29)24(5)20-15-12-17(3)26(20)18(4)21(25(24,6)27(32-7,33-8)22(26)28)34-36(30,31)19-13-10-16(2)11-14-19;1-8-34-22(27)20-19-14-11-16(3)25(19)17(4)21(24(20,5)26(31-6,32-7)23(25)28)33-35(29,30)18-12-9-15(2)10-13-18;1-15-8-11-18(12-9-15)33(28,29)32-20-17(3)24-16(2)10-13-19(24)22(4,14-26)23(20,5)25(30-6,31-7)21(24)27;1-13-6-9-16(10-7-13)30(26,27)29-18-15(3)22-14(2)8-11-17(22)20(4)12-28-23(25,19(22)24)21(18,20)5/h10-11,13-15,17H,9,12H2,1-8H3;9-10,12-13,16H,8,11,14H2,1-7H3;8-9,11-13,16,26H,10,14H2,1-7H3;6-7,9-11,14,25H,8,12H2,1-5H3/t17-,24?,25?,26?;16-,24?,25?;16-,22?,23?,24?;14-,20?,21?,22?,23?/m0000/s1. The highest BCUT2D eigenvalue weighted by Crippen LogP contribution is 2.82. The summed E-state index contributed by atoms with van der Waals surface area (Å²) in [6.07, 6.45) is 9.11. The van der Waals surface area contributed by atoms with Gasteiger partial charge >= 0.3 is 40.5 Å². The lowest BCUT2D eigenvalue weighted by Gasteiger charge is -2.67. The molecule has 726 valence electrons. The molecule has 27 nitrogen and oxygen atoms in total. The number of fused-ring (bicyclic) bond motifs is 3. The number of hydrogen-bond donors (Lipinski definition) is 2. The van der Waals surface area contributed by atoms with Crippen LogP contribution in [0, 0.1) is 111 Å². The van der Waals surface area contributed by atoms with Crippen LogP contribution in [0.25, 0.3) is 0 Å². The van der Waals surface area contributed by atoms with Gasteiger partial charge in [-0.1, -0.05) is 168 Å². The molecule has 4 spiro atoms. The quantitative estimate of drug-likeness (QED) is 0.0396. The summed E-state index contributed by atoms with van der Waals surface area (Å²) < 4.78 is 172. The van der Waals surface area contributed by atoms with Crippen LogP contribution in [0.15, 0.2) is 208 Å². The van der Waals surface area contributed by atoms with Crippen LogP contribution in [-0.4, -0.2) is 168 Å². The minimum atomic E-state index is -4.31. The number of carbonyl (C=O) groups is 6. The molecule has 4 saturated carbocycles. The lowest BCUT2D eigenvalue weighted by molar-refractivity contribution is -0.296. The summed E-state index contributed by atoms with van der Waals surface area (Å²) in [5.41, 5.74) is -4.80. The minimum Gasteiger partial charge on any atom is -0.395 e. The highest BCUT2D eigenvalue weighted by molar-refractivity contribution is 8.14. The summed E-state index contributed by atoms with van der Waals surface area (Å²) in [6.45, 7) is 37.9. The summed E-state index contributed by atoms with van der Waals surface area (Å²) in [5.74, 6) is -8.63. The monoisotopic (exact) mass is 1960 g/mol. The Balaban J connectivity index is 0.000000144. The van der Waals surface area contributed by atoms with Gasteiger partial charge in [-0.15, -0.1) is 0 Å². The molecular weight excluding hydrogens is 1840 g/mol. The Morgan fingerprint density at radius 2 is 0.739 bits per heavy atom. The highest BCUT2D eigenvalue weighted by Gasteiger charge is 2.88. The smallest absolute Gasteiger partial charge is 0.338 e. The van der Waals surface area contributed by atoms with Gasteiger partial charge in [0, 0.05) is 59.1 Å². The van der Waals surface area contributed by atoms with Crippen molar-refractivity contribution in [3.05, 3.63) is 211 Å². The molecule has 1 saturated heterocycles. The van der Waals surface area contributed by atoms with Gasteiger partial charge in [0.1, 0.15) is 53.4 Å². The van der Waals surface area contributed by atoms with Crippen molar-refractivity contribution in [1.29, 1.82) is 0 Å². The van der Waals surface area contributed by atoms with Crippen molar-refractivity contribution in [2.24, 2.45) is 83.2 Å². The molecule has 4 aromatic carbocycles. The van der Waals surface area contributed by atoms with E-state index >= 15 is 0 Å². The molecule has 16 atom stereocenters. The predicted molar refractivity (Wildman–Crippen MR) is 501 cm³/mol. The third kappa shape index (κ3) is 12.3. The number of aliphatic hydroxyl groups excluding tert-OH is 1. The Labute approximate surface area is 796 Å². The molecule has 1 aliphatic heterocycles. The number of ketones is 4. The predicted octanol–water partition coefficient (Wildman–Crippen LogP) is 16.1. The maximum absolute atomic E-state index is 14.4. The summed E-state index contributed by atoms with van der Waals surface area (Å²) in [4.78, 5) is 84.3. The molecule has 12 unspecified atom stereocenters. The van der Waals surface area contributed by atoms with Crippen LogP contribution in [0.4, 0.5) is 0 Å². The number of thioether (sulfide) groups is 2.